The van der Waals surface area contributed by atoms with Gasteiger partial charge in [-0.2, -0.15) is 0 Å². The maximum atomic E-state index is 13.6. The molecule has 121 valence electrons. The van der Waals surface area contributed by atoms with Crippen molar-refractivity contribution < 1.29 is 39.5 Å². The van der Waals surface area contributed by atoms with Crippen molar-refractivity contribution in [2.45, 2.75) is 19.1 Å². The molecule has 0 fully saturated rings. The Kier molecular flexibility index (Phi) is 5.61. The summed E-state index contributed by atoms with van der Waals surface area (Å²) in [6, 6.07) is 0. The lowest BCUT2D eigenvalue weighted by Gasteiger charge is -2.40. The van der Waals surface area contributed by atoms with Crippen molar-refractivity contribution in [2.24, 2.45) is 0 Å². The molecule has 0 spiro atoms. The molecule has 0 aromatic heterocycles. The average molecular weight is 359 g/mol. The molecule has 0 aliphatic rings. The van der Waals surface area contributed by atoms with Crippen LogP contribution in [-0.2, 0) is 4.43 Å². The first kappa shape index (κ1) is 18.2. The van der Waals surface area contributed by atoms with Crippen LogP contribution in [0.1, 0.15) is 6.92 Å². The summed E-state index contributed by atoms with van der Waals surface area (Å²) in [7, 11) is -5.31. The van der Waals surface area contributed by atoms with E-state index in [1.807, 2.05) is 0 Å². The van der Waals surface area contributed by atoms with Crippen LogP contribution < -0.4 is 5.19 Å². The lowest BCUT2D eigenvalue weighted by atomic mass is 10.3. The molecule has 1 nitrogen and oxygen atoms in total. The highest BCUT2D eigenvalue weighted by Gasteiger charge is 2.43. The predicted molar refractivity (Wildman–Crippen MR) is 60.0 cm³/mol. The van der Waals surface area contributed by atoms with Crippen molar-refractivity contribution in [3.05, 3.63) is 29.1 Å². The van der Waals surface area contributed by atoms with E-state index in [2.05, 4.69) is 4.43 Å². The largest absolute Gasteiger partial charge is 0.549 e. The zero-order valence-corrected chi connectivity index (χ0v) is 11.9. The van der Waals surface area contributed by atoms with Gasteiger partial charge in [-0.25, -0.2) is 30.7 Å². The van der Waals surface area contributed by atoms with Crippen molar-refractivity contribution in [1.29, 1.82) is 0 Å². The van der Waals surface area contributed by atoms with Crippen LogP contribution in [0, 0.1) is 29.1 Å². The number of hydrogen-bond donors (Lipinski definition) is 0. The lowest BCUT2D eigenvalue weighted by molar-refractivity contribution is 0.0770. The average Bonchev–Trinajstić information content (AvgIpc) is 2.42. The first-order valence-corrected chi connectivity index (χ1v) is 8.36. The molecule has 1 aromatic rings. The molecule has 1 aromatic carbocycles. The van der Waals surface area contributed by atoms with E-state index in [0.29, 0.717) is 0 Å². The van der Waals surface area contributed by atoms with Crippen molar-refractivity contribution in [3.63, 3.8) is 0 Å². The Morgan fingerprint density at radius 1 is 0.905 bits per heavy atom. The van der Waals surface area contributed by atoms with Crippen molar-refractivity contribution in [3.8, 4) is 0 Å². The maximum absolute atomic E-state index is 13.6. The van der Waals surface area contributed by atoms with Crippen molar-refractivity contribution in [2.75, 3.05) is 6.61 Å². The highest BCUT2D eigenvalue weighted by atomic mass is 35.6. The first-order valence-electron chi connectivity index (χ1n) is 5.36. The van der Waals surface area contributed by atoms with Gasteiger partial charge < -0.3 is 15.5 Å². The smallest absolute Gasteiger partial charge is 0.244 e. The molecule has 0 radical (unpaired) electrons. The quantitative estimate of drug-likeness (QED) is 0.257. The van der Waals surface area contributed by atoms with Crippen LogP contribution in [0.25, 0.3) is 0 Å². The summed E-state index contributed by atoms with van der Waals surface area (Å²) in [6.07, 6.45) is -3.82. The molecule has 0 N–H and O–H groups in total. The second-order valence-electron chi connectivity index (χ2n) is 3.76. The van der Waals surface area contributed by atoms with E-state index in [9.17, 15) is 35.1 Å². The second kappa shape index (κ2) is 6.49. The molecule has 2 atom stereocenters. The van der Waals surface area contributed by atoms with E-state index in [1.54, 1.807) is 0 Å². The molecule has 0 heterocycles. The third-order valence-corrected chi connectivity index (χ3v) is 6.79. The van der Waals surface area contributed by atoms with Gasteiger partial charge in [-0.3, -0.25) is 4.39 Å². The molecule has 0 saturated carbocycles. The van der Waals surface area contributed by atoms with E-state index < -0.39 is 60.7 Å². The molecule has 1 rings (SSSR count). The van der Waals surface area contributed by atoms with Crippen molar-refractivity contribution in [1.82, 2.24) is 0 Å². The Balaban J connectivity index is 3.68. The summed E-state index contributed by atoms with van der Waals surface area (Å²) >= 11 is 5.44. The van der Waals surface area contributed by atoms with Gasteiger partial charge in [-0.05, 0) is 6.92 Å². The Morgan fingerprint density at radius 3 is 1.62 bits per heavy atom. The van der Waals surface area contributed by atoms with Crippen LogP contribution in [0.3, 0.4) is 0 Å². The highest BCUT2D eigenvalue weighted by Crippen LogP contribution is 2.28. The van der Waals surface area contributed by atoms with Crippen LogP contribution >= 0.6 is 11.1 Å². The van der Waals surface area contributed by atoms with E-state index in [1.165, 1.54) is 0 Å². The minimum Gasteiger partial charge on any atom is -0.549 e. The Bertz CT molecular complexity index is 513. The third-order valence-electron chi connectivity index (χ3n) is 2.48. The minimum absolute atomic E-state index is 0.567. The van der Waals surface area contributed by atoms with Gasteiger partial charge in [0.15, 0.2) is 25.1 Å². The second-order valence-corrected chi connectivity index (χ2v) is 8.07. The van der Waals surface area contributed by atoms with Crippen LogP contribution in [0.15, 0.2) is 0 Å². The fourth-order valence-electron chi connectivity index (χ4n) is 1.57. The molecular weight excluding hydrogens is 352 g/mol. The topological polar surface area (TPSA) is 9.23 Å². The standard InChI is InChI=1S/C10H7ClF8OSi/c1-2-20-21(11,10(19)9(17)18)8-6(15)4(13)3(12)5(14)7(8)16/h9-10H,2H2,1H3/q-1. The van der Waals surface area contributed by atoms with Gasteiger partial charge >= 0.3 is 0 Å². The molecule has 0 bridgehead atoms. The van der Waals surface area contributed by atoms with Crippen LogP contribution in [-0.4, -0.2) is 26.5 Å². The monoisotopic (exact) mass is 358 g/mol. The molecule has 0 amide bonds. The van der Waals surface area contributed by atoms with Gasteiger partial charge in [0, 0.05) is 6.61 Å². The normalized spacial score (nSPS) is 16.1. The van der Waals surface area contributed by atoms with E-state index in [0.717, 1.165) is 6.92 Å². The van der Waals surface area contributed by atoms with E-state index in [4.69, 9.17) is 11.1 Å². The maximum Gasteiger partial charge on any atom is 0.244 e. The zero-order chi connectivity index (χ0) is 16.5. The molecule has 0 saturated heterocycles. The number of halogens is 9. The van der Waals surface area contributed by atoms with Gasteiger partial charge in [0.05, 0.1) is 5.79 Å². The van der Waals surface area contributed by atoms with Gasteiger partial charge in [0.25, 0.3) is 0 Å². The van der Waals surface area contributed by atoms with Gasteiger partial charge in [-0.15, -0.1) is 0 Å². The van der Waals surface area contributed by atoms with E-state index in [-0.39, 0.29) is 0 Å². The molecule has 11 heteroatoms. The molecule has 21 heavy (non-hydrogen) atoms. The fourth-order valence-corrected chi connectivity index (χ4v) is 4.82. The molecule has 0 aliphatic heterocycles. The summed E-state index contributed by atoms with van der Waals surface area (Å²) in [4.78, 5) is 0. The van der Waals surface area contributed by atoms with E-state index >= 15 is 0 Å². The molecular formula is C10H7ClF8OSi-. The van der Waals surface area contributed by atoms with Crippen molar-refractivity contribution >= 4 is 23.9 Å². The van der Waals surface area contributed by atoms with Crippen LogP contribution in [0.5, 0.6) is 0 Å². The summed E-state index contributed by atoms with van der Waals surface area (Å²) in [6.45, 7) is 0.566. The van der Waals surface area contributed by atoms with Crippen LogP contribution in [0.4, 0.5) is 35.1 Å². The van der Waals surface area contributed by atoms with Gasteiger partial charge in [0.1, 0.15) is 11.6 Å². The Morgan fingerprint density at radius 2 is 1.29 bits per heavy atom. The number of hydrogen-bond acceptors (Lipinski definition) is 1. The van der Waals surface area contributed by atoms with Gasteiger partial charge in [-0.1, -0.05) is 5.19 Å². The number of rotatable bonds is 5. The van der Waals surface area contributed by atoms with Crippen LogP contribution in [0.2, 0.25) is 0 Å². The molecule has 2 unspecified atom stereocenters. The predicted octanol–water partition coefficient (Wildman–Crippen LogP) is 3.45. The first-order chi connectivity index (χ1) is 9.59. The minimum atomic E-state index is -5.31. The highest BCUT2D eigenvalue weighted by molar-refractivity contribution is 7.24. The SMILES string of the molecule is CCO[Si-](Cl)(c1c(F)c(F)c(F)c(F)c1F)C(F)C(F)F. The number of benzene rings is 1. The number of alkyl halides is 3. The van der Waals surface area contributed by atoms with Gasteiger partial charge in [0.2, 0.25) is 6.43 Å². The fraction of sp³-hybridized carbons (Fsp3) is 0.400. The summed E-state index contributed by atoms with van der Waals surface area (Å²) in [5, 5.41) is -1.87. The summed E-state index contributed by atoms with van der Waals surface area (Å²) in [5.41, 5.74) is 0. The Labute approximate surface area is 119 Å². The molecule has 0 aliphatic carbocycles. The Hall–Kier alpha value is -0.873. The summed E-state index contributed by atoms with van der Waals surface area (Å²) < 4.78 is 109. The summed E-state index contributed by atoms with van der Waals surface area (Å²) in [5.74, 6) is -15.7. The third kappa shape index (κ3) is 3.02. The lowest BCUT2D eigenvalue weighted by Crippen LogP contribution is -2.60. The zero-order valence-electron chi connectivity index (χ0n) is 10.2.